The standard InChI is InChI=1S/C44H28N2/c1-2-12-29(13-3-1)31-24-25-34-32(26-31)16-11-23-40(34)46-42-21-9-7-19-36(42)38-27-43-37(28-44(38)46)35-18-6-8-20-41(35)45(43)39-22-10-15-30-14-4-5-17-33(30)39/h1-28H. The highest BCUT2D eigenvalue weighted by atomic mass is 15.0. The van der Waals surface area contributed by atoms with Gasteiger partial charge in [0.1, 0.15) is 0 Å². The van der Waals surface area contributed by atoms with Crippen molar-refractivity contribution in [1.82, 2.24) is 9.13 Å². The summed E-state index contributed by atoms with van der Waals surface area (Å²) >= 11 is 0. The molecule has 0 spiro atoms. The lowest BCUT2D eigenvalue weighted by Crippen LogP contribution is -1.96. The summed E-state index contributed by atoms with van der Waals surface area (Å²) in [5, 5.41) is 10.00. The third kappa shape index (κ3) is 3.59. The van der Waals surface area contributed by atoms with Crippen molar-refractivity contribution < 1.29 is 0 Å². The number of benzene rings is 8. The molecule has 8 aromatic carbocycles. The predicted molar refractivity (Wildman–Crippen MR) is 196 cm³/mol. The third-order valence-corrected chi connectivity index (χ3v) is 9.68. The number of aromatic nitrogens is 2. The first kappa shape index (κ1) is 25.2. The number of rotatable bonds is 3. The second kappa shape index (κ2) is 9.69. The highest BCUT2D eigenvalue weighted by Crippen LogP contribution is 2.41. The minimum atomic E-state index is 1.19. The summed E-state index contributed by atoms with van der Waals surface area (Å²) in [6.45, 7) is 0. The summed E-state index contributed by atoms with van der Waals surface area (Å²) in [6, 6.07) is 62.0. The van der Waals surface area contributed by atoms with Crippen LogP contribution in [0.25, 0.3) is 87.7 Å². The Morgan fingerprint density at radius 1 is 0.261 bits per heavy atom. The molecule has 0 radical (unpaired) electrons. The summed E-state index contributed by atoms with van der Waals surface area (Å²) in [5.41, 5.74) is 9.73. The van der Waals surface area contributed by atoms with E-state index in [4.69, 9.17) is 0 Å². The molecule has 0 aliphatic rings. The second-order valence-electron chi connectivity index (χ2n) is 12.2. The van der Waals surface area contributed by atoms with Gasteiger partial charge in [-0.05, 0) is 64.4 Å². The smallest absolute Gasteiger partial charge is 0.0549 e. The van der Waals surface area contributed by atoms with Crippen LogP contribution < -0.4 is 0 Å². The van der Waals surface area contributed by atoms with Gasteiger partial charge >= 0.3 is 0 Å². The van der Waals surface area contributed by atoms with Crippen molar-refractivity contribution in [2.75, 3.05) is 0 Å². The number of hydrogen-bond donors (Lipinski definition) is 0. The van der Waals surface area contributed by atoms with E-state index in [1.165, 1.54) is 87.7 Å². The molecule has 2 aromatic heterocycles. The molecule has 0 aliphatic carbocycles. The Hall–Kier alpha value is -6.12. The first-order chi connectivity index (χ1) is 22.8. The van der Waals surface area contributed by atoms with Gasteiger partial charge in [0.05, 0.1) is 33.4 Å². The zero-order valence-electron chi connectivity index (χ0n) is 25.1. The lowest BCUT2D eigenvalue weighted by molar-refractivity contribution is 1.19. The van der Waals surface area contributed by atoms with Crippen LogP contribution >= 0.6 is 0 Å². The molecule has 0 saturated heterocycles. The Bertz CT molecular complexity index is 2790. The zero-order chi connectivity index (χ0) is 30.2. The van der Waals surface area contributed by atoms with Gasteiger partial charge in [0.2, 0.25) is 0 Å². The van der Waals surface area contributed by atoms with E-state index in [2.05, 4.69) is 179 Å². The predicted octanol–water partition coefficient (Wildman–Crippen LogP) is 11.9. The van der Waals surface area contributed by atoms with Crippen molar-refractivity contribution in [3.8, 4) is 22.5 Å². The fraction of sp³-hybridized carbons (Fsp3) is 0. The Balaban J connectivity index is 1.30. The zero-order valence-corrected chi connectivity index (χ0v) is 25.1. The van der Waals surface area contributed by atoms with Crippen LogP contribution in [0.15, 0.2) is 170 Å². The molecule has 214 valence electrons. The Kier molecular flexibility index (Phi) is 5.31. The summed E-state index contributed by atoms with van der Waals surface area (Å²) in [6.07, 6.45) is 0. The maximum Gasteiger partial charge on any atom is 0.0549 e. The average Bonchev–Trinajstić information content (AvgIpc) is 3.62. The number of hydrogen-bond acceptors (Lipinski definition) is 0. The fourth-order valence-electron chi connectivity index (χ4n) is 7.62. The van der Waals surface area contributed by atoms with Gasteiger partial charge in [0.25, 0.3) is 0 Å². The van der Waals surface area contributed by atoms with Gasteiger partial charge in [0, 0.05) is 32.3 Å². The maximum absolute atomic E-state index is 2.47. The largest absolute Gasteiger partial charge is 0.309 e. The lowest BCUT2D eigenvalue weighted by atomic mass is 10.0. The highest BCUT2D eigenvalue weighted by Gasteiger charge is 2.20. The van der Waals surface area contributed by atoms with Gasteiger partial charge in [-0.3, -0.25) is 0 Å². The van der Waals surface area contributed by atoms with Crippen molar-refractivity contribution in [2.24, 2.45) is 0 Å². The van der Waals surface area contributed by atoms with Crippen LogP contribution in [0.5, 0.6) is 0 Å². The van der Waals surface area contributed by atoms with Gasteiger partial charge in [-0.25, -0.2) is 0 Å². The van der Waals surface area contributed by atoms with Gasteiger partial charge in [0.15, 0.2) is 0 Å². The fourth-order valence-corrected chi connectivity index (χ4v) is 7.62. The Morgan fingerprint density at radius 3 is 1.41 bits per heavy atom. The molecule has 0 aliphatic heterocycles. The first-order valence-electron chi connectivity index (χ1n) is 15.9. The lowest BCUT2D eigenvalue weighted by Gasteiger charge is -2.13. The molecule has 2 heterocycles. The molecule has 0 atom stereocenters. The van der Waals surface area contributed by atoms with Crippen LogP contribution in [0.4, 0.5) is 0 Å². The van der Waals surface area contributed by atoms with E-state index in [-0.39, 0.29) is 0 Å². The van der Waals surface area contributed by atoms with Crippen molar-refractivity contribution >= 4 is 65.2 Å². The molecule has 2 nitrogen and oxygen atoms in total. The summed E-state index contributed by atoms with van der Waals surface area (Å²) < 4.78 is 4.93. The van der Waals surface area contributed by atoms with Crippen LogP contribution in [0.3, 0.4) is 0 Å². The molecule has 0 bridgehead atoms. The van der Waals surface area contributed by atoms with E-state index in [1.54, 1.807) is 0 Å². The van der Waals surface area contributed by atoms with Crippen LogP contribution in [-0.2, 0) is 0 Å². The molecule has 10 aromatic rings. The molecule has 46 heavy (non-hydrogen) atoms. The minimum absolute atomic E-state index is 1.19. The van der Waals surface area contributed by atoms with Gasteiger partial charge in [-0.15, -0.1) is 0 Å². The van der Waals surface area contributed by atoms with Crippen molar-refractivity contribution in [1.29, 1.82) is 0 Å². The number of para-hydroxylation sites is 2. The number of fused-ring (bicyclic) bond motifs is 8. The SMILES string of the molecule is c1ccc(-c2ccc3c(-n4c5ccccc5c5cc6c(cc54)c4ccccc4n6-c4cccc5ccccc45)cccc3c2)cc1. The minimum Gasteiger partial charge on any atom is -0.309 e. The van der Waals surface area contributed by atoms with Gasteiger partial charge < -0.3 is 9.13 Å². The van der Waals surface area contributed by atoms with E-state index >= 15 is 0 Å². The topological polar surface area (TPSA) is 9.86 Å². The van der Waals surface area contributed by atoms with E-state index in [0.29, 0.717) is 0 Å². The van der Waals surface area contributed by atoms with E-state index in [1.807, 2.05) is 0 Å². The molecular formula is C44H28N2. The van der Waals surface area contributed by atoms with Crippen LogP contribution in [0, 0.1) is 0 Å². The molecular weight excluding hydrogens is 556 g/mol. The molecule has 0 fully saturated rings. The monoisotopic (exact) mass is 584 g/mol. The van der Waals surface area contributed by atoms with Crippen LogP contribution in [0.2, 0.25) is 0 Å². The van der Waals surface area contributed by atoms with Gasteiger partial charge in [-0.2, -0.15) is 0 Å². The van der Waals surface area contributed by atoms with E-state index in [9.17, 15) is 0 Å². The Labute approximate surface area is 266 Å². The maximum atomic E-state index is 2.47. The van der Waals surface area contributed by atoms with Gasteiger partial charge in [-0.1, -0.05) is 127 Å². The van der Waals surface area contributed by atoms with Crippen LogP contribution in [0.1, 0.15) is 0 Å². The average molecular weight is 585 g/mol. The molecule has 10 rings (SSSR count). The normalized spacial score (nSPS) is 11.9. The van der Waals surface area contributed by atoms with Crippen molar-refractivity contribution in [3.63, 3.8) is 0 Å². The quantitative estimate of drug-likeness (QED) is 0.195. The molecule has 0 N–H and O–H groups in total. The summed E-state index contributed by atoms with van der Waals surface area (Å²) in [5.74, 6) is 0. The van der Waals surface area contributed by atoms with E-state index < -0.39 is 0 Å². The van der Waals surface area contributed by atoms with Crippen LogP contribution in [-0.4, -0.2) is 9.13 Å². The highest BCUT2D eigenvalue weighted by molar-refractivity contribution is 6.20. The Morgan fingerprint density at radius 2 is 0.761 bits per heavy atom. The summed E-state index contributed by atoms with van der Waals surface area (Å²) in [4.78, 5) is 0. The third-order valence-electron chi connectivity index (χ3n) is 9.68. The molecule has 0 amide bonds. The second-order valence-corrected chi connectivity index (χ2v) is 12.2. The molecule has 2 heteroatoms. The molecule has 0 saturated carbocycles. The van der Waals surface area contributed by atoms with E-state index in [0.717, 1.165) is 0 Å². The van der Waals surface area contributed by atoms with Crippen molar-refractivity contribution in [2.45, 2.75) is 0 Å². The first-order valence-corrected chi connectivity index (χ1v) is 15.9. The summed E-state index contributed by atoms with van der Waals surface area (Å²) in [7, 11) is 0. The molecule has 0 unspecified atom stereocenters. The number of nitrogens with zero attached hydrogens (tertiary/aromatic N) is 2. The van der Waals surface area contributed by atoms with Crippen molar-refractivity contribution in [3.05, 3.63) is 170 Å².